The highest BCUT2D eigenvalue weighted by Gasteiger charge is 2.39. The van der Waals surface area contributed by atoms with E-state index in [9.17, 15) is 8.42 Å². The number of piperidine rings is 1. The fourth-order valence-electron chi connectivity index (χ4n) is 4.22. The Morgan fingerprint density at radius 1 is 1.10 bits per heavy atom. The number of hydrogen-bond donors (Lipinski definition) is 0. The summed E-state index contributed by atoms with van der Waals surface area (Å²) in [6, 6.07) is 2.58. The lowest BCUT2D eigenvalue weighted by atomic mass is 10.0. The Morgan fingerprint density at radius 3 is 2.31 bits per heavy atom. The van der Waals surface area contributed by atoms with Crippen LogP contribution < -0.4 is 9.64 Å². The van der Waals surface area contributed by atoms with Gasteiger partial charge in [-0.2, -0.15) is 9.40 Å². The minimum absolute atomic E-state index is 0.254. The molecular weight excluding hydrogens is 392 g/mol. The van der Waals surface area contributed by atoms with Crippen LogP contribution in [0.3, 0.4) is 0 Å². The van der Waals surface area contributed by atoms with Crippen LogP contribution in [0.4, 0.5) is 5.82 Å². The van der Waals surface area contributed by atoms with Gasteiger partial charge >= 0.3 is 0 Å². The van der Waals surface area contributed by atoms with Gasteiger partial charge in [0.2, 0.25) is 15.9 Å². The molecule has 2 aromatic heterocycles. The Morgan fingerprint density at radius 2 is 1.76 bits per heavy atom. The number of anilines is 1. The van der Waals surface area contributed by atoms with E-state index >= 15 is 0 Å². The van der Waals surface area contributed by atoms with Crippen molar-refractivity contribution >= 4 is 15.8 Å². The molecule has 0 N–H and O–H groups in total. The molecule has 0 bridgehead atoms. The summed E-state index contributed by atoms with van der Waals surface area (Å²) >= 11 is 0. The fraction of sp³-hybridized carbons (Fsp3) is 0.632. The average Bonchev–Trinajstić information content (AvgIpc) is 3.49. The van der Waals surface area contributed by atoms with E-state index < -0.39 is 10.0 Å². The summed E-state index contributed by atoms with van der Waals surface area (Å²) in [5.74, 6) is 1.41. The van der Waals surface area contributed by atoms with Crippen molar-refractivity contribution < 1.29 is 13.2 Å². The first kappa shape index (κ1) is 20.1. The van der Waals surface area contributed by atoms with Gasteiger partial charge in [-0.1, -0.05) is 0 Å². The van der Waals surface area contributed by atoms with Crippen LogP contribution >= 0.6 is 0 Å². The number of rotatable bonds is 6. The summed E-state index contributed by atoms with van der Waals surface area (Å²) in [5, 5.41) is 4.28. The maximum absolute atomic E-state index is 13.2. The molecule has 29 heavy (non-hydrogen) atoms. The molecule has 1 aliphatic carbocycles. The first-order chi connectivity index (χ1) is 13.8. The van der Waals surface area contributed by atoms with Crippen LogP contribution in [0.25, 0.3) is 0 Å². The SMILES string of the molecule is COc1cc(N(C2CC2)C2CCN(S(=O)(=O)c3c(C)nn(C)c3C)CC2)ncn1. The van der Waals surface area contributed by atoms with E-state index in [2.05, 4.69) is 20.0 Å². The molecule has 0 aromatic carbocycles. The van der Waals surface area contributed by atoms with Crippen molar-refractivity contribution in [3.63, 3.8) is 0 Å². The van der Waals surface area contributed by atoms with Gasteiger partial charge in [0.15, 0.2) is 0 Å². The number of sulfonamides is 1. The van der Waals surface area contributed by atoms with E-state index in [4.69, 9.17) is 4.74 Å². The van der Waals surface area contributed by atoms with E-state index in [-0.39, 0.29) is 6.04 Å². The smallest absolute Gasteiger partial charge is 0.246 e. The standard InChI is InChI=1S/C19H28N6O3S/c1-13-19(14(2)23(3)22-13)29(26,27)24-9-7-16(8-10-24)25(15-5-6-15)17-11-18(28-4)21-12-20-17/h11-12,15-16H,5-10H2,1-4H3. The number of methoxy groups -OCH3 is 1. The van der Waals surface area contributed by atoms with Crippen molar-refractivity contribution in [2.24, 2.45) is 7.05 Å². The van der Waals surface area contributed by atoms with Crippen LogP contribution in [0.1, 0.15) is 37.1 Å². The Kier molecular flexibility index (Phi) is 5.24. The Bertz CT molecular complexity index is 993. The molecule has 3 heterocycles. The largest absolute Gasteiger partial charge is 0.481 e. The van der Waals surface area contributed by atoms with Gasteiger partial charge in [-0.05, 0) is 39.5 Å². The van der Waals surface area contributed by atoms with E-state index in [0.717, 1.165) is 31.5 Å². The number of ether oxygens (including phenoxy) is 1. The van der Waals surface area contributed by atoms with E-state index in [1.54, 1.807) is 37.0 Å². The average molecular weight is 421 g/mol. The zero-order chi connectivity index (χ0) is 20.8. The van der Waals surface area contributed by atoms with Gasteiger partial charge in [0.1, 0.15) is 17.0 Å². The van der Waals surface area contributed by atoms with Gasteiger partial charge in [-0.3, -0.25) is 4.68 Å². The number of hydrogen-bond acceptors (Lipinski definition) is 7. The van der Waals surface area contributed by atoms with Gasteiger partial charge in [0.05, 0.1) is 18.5 Å². The van der Waals surface area contributed by atoms with Crippen molar-refractivity contribution in [3.05, 3.63) is 23.8 Å². The predicted molar refractivity (Wildman–Crippen MR) is 109 cm³/mol. The molecule has 10 heteroatoms. The molecule has 158 valence electrons. The van der Waals surface area contributed by atoms with Gasteiger partial charge < -0.3 is 9.64 Å². The number of aryl methyl sites for hydroxylation is 2. The second-order valence-corrected chi connectivity index (χ2v) is 9.69. The molecule has 4 rings (SSSR count). The summed E-state index contributed by atoms with van der Waals surface area (Å²) in [7, 11) is -0.174. The normalized spacial score (nSPS) is 18.8. The summed E-state index contributed by atoms with van der Waals surface area (Å²) < 4.78 is 35.0. The van der Waals surface area contributed by atoms with Gasteiger partial charge in [0.25, 0.3) is 0 Å². The van der Waals surface area contributed by atoms with Gasteiger partial charge in [-0.25, -0.2) is 18.4 Å². The summed E-state index contributed by atoms with van der Waals surface area (Å²) in [5.41, 5.74) is 1.23. The first-order valence-corrected chi connectivity index (χ1v) is 11.4. The molecular formula is C19H28N6O3S. The van der Waals surface area contributed by atoms with Gasteiger partial charge in [-0.15, -0.1) is 0 Å². The Balaban J connectivity index is 1.52. The van der Waals surface area contributed by atoms with E-state index in [1.165, 1.54) is 6.33 Å². The molecule has 1 saturated carbocycles. The first-order valence-electron chi connectivity index (χ1n) is 9.97. The lowest BCUT2D eigenvalue weighted by molar-refractivity contribution is 0.307. The van der Waals surface area contributed by atoms with Crippen molar-refractivity contribution in [1.29, 1.82) is 0 Å². The van der Waals surface area contributed by atoms with Crippen LogP contribution in [-0.2, 0) is 17.1 Å². The zero-order valence-corrected chi connectivity index (χ0v) is 18.2. The zero-order valence-electron chi connectivity index (χ0n) is 17.4. The Hall–Kier alpha value is -2.20. The third-order valence-electron chi connectivity index (χ3n) is 5.90. The van der Waals surface area contributed by atoms with Crippen molar-refractivity contribution in [3.8, 4) is 5.88 Å². The lowest BCUT2D eigenvalue weighted by Gasteiger charge is -2.39. The molecule has 1 saturated heterocycles. The fourth-order valence-corrected chi connectivity index (χ4v) is 6.09. The molecule has 9 nitrogen and oxygen atoms in total. The molecule has 0 unspecified atom stereocenters. The third kappa shape index (κ3) is 3.71. The van der Waals surface area contributed by atoms with Crippen molar-refractivity contribution in [2.45, 2.75) is 56.5 Å². The summed E-state index contributed by atoms with van der Waals surface area (Å²) in [4.78, 5) is 11.3. The van der Waals surface area contributed by atoms with Crippen molar-refractivity contribution in [2.75, 3.05) is 25.1 Å². The maximum Gasteiger partial charge on any atom is 0.246 e. The minimum atomic E-state index is -3.55. The topological polar surface area (TPSA) is 93.5 Å². The summed E-state index contributed by atoms with van der Waals surface area (Å²) in [6.45, 7) is 4.54. The molecule has 0 amide bonds. The second kappa shape index (κ2) is 7.56. The molecule has 2 aliphatic rings. The van der Waals surface area contributed by atoms with Crippen LogP contribution in [-0.4, -0.2) is 64.8 Å². The van der Waals surface area contributed by atoms with E-state index in [1.807, 2.05) is 6.07 Å². The van der Waals surface area contributed by atoms with Crippen molar-refractivity contribution in [1.82, 2.24) is 24.1 Å². The highest BCUT2D eigenvalue weighted by atomic mass is 32.2. The lowest BCUT2D eigenvalue weighted by Crippen LogP contribution is -2.48. The van der Waals surface area contributed by atoms with Crippen LogP contribution in [0.2, 0.25) is 0 Å². The predicted octanol–water partition coefficient (Wildman–Crippen LogP) is 1.66. The van der Waals surface area contributed by atoms with Crippen LogP contribution in [0.15, 0.2) is 17.3 Å². The second-order valence-electron chi connectivity index (χ2n) is 7.82. The molecule has 0 radical (unpaired) electrons. The third-order valence-corrected chi connectivity index (χ3v) is 8.05. The monoisotopic (exact) mass is 420 g/mol. The van der Waals surface area contributed by atoms with E-state index in [0.29, 0.717) is 41.3 Å². The molecule has 1 aliphatic heterocycles. The molecule has 0 spiro atoms. The van der Waals surface area contributed by atoms with Crippen LogP contribution in [0, 0.1) is 13.8 Å². The maximum atomic E-state index is 13.2. The van der Waals surface area contributed by atoms with Crippen LogP contribution in [0.5, 0.6) is 5.88 Å². The minimum Gasteiger partial charge on any atom is -0.481 e. The molecule has 0 atom stereocenters. The highest BCUT2D eigenvalue weighted by molar-refractivity contribution is 7.89. The summed E-state index contributed by atoms with van der Waals surface area (Å²) in [6.07, 6.45) is 5.33. The molecule has 2 fully saturated rings. The quantitative estimate of drug-likeness (QED) is 0.701. The Labute approximate surface area is 171 Å². The number of aromatic nitrogens is 4. The molecule has 2 aromatic rings. The van der Waals surface area contributed by atoms with Gasteiger partial charge in [0, 0.05) is 38.3 Å². The number of nitrogens with zero attached hydrogens (tertiary/aromatic N) is 6. The highest BCUT2D eigenvalue weighted by Crippen LogP contribution is 2.36.